The summed E-state index contributed by atoms with van der Waals surface area (Å²) in [5.74, 6) is 3.17. The third-order valence-corrected chi connectivity index (χ3v) is 3.94. The van der Waals surface area contributed by atoms with Gasteiger partial charge in [0.1, 0.15) is 5.75 Å². The van der Waals surface area contributed by atoms with Crippen LogP contribution in [0, 0.1) is 29.4 Å². The lowest BCUT2D eigenvalue weighted by Crippen LogP contribution is -2.12. The zero-order valence-corrected chi connectivity index (χ0v) is 12.2. The van der Waals surface area contributed by atoms with Gasteiger partial charge in [0.25, 0.3) is 0 Å². The Hall–Kier alpha value is -2.44. The second-order valence-corrected chi connectivity index (χ2v) is 5.79. The highest BCUT2D eigenvalue weighted by Crippen LogP contribution is 2.16. The summed E-state index contributed by atoms with van der Waals surface area (Å²) >= 11 is 0. The SMILES string of the molecule is C#CCC(CC#CS(=O)(=O)c1ccc(OC)cc1)C(=O)O. The Balaban J connectivity index is 2.88. The van der Waals surface area contributed by atoms with Gasteiger partial charge in [-0.3, -0.25) is 4.79 Å². The Bertz CT molecular complexity index is 699. The van der Waals surface area contributed by atoms with Crippen LogP contribution in [0.3, 0.4) is 0 Å². The van der Waals surface area contributed by atoms with Gasteiger partial charge in [0.15, 0.2) is 0 Å². The zero-order valence-electron chi connectivity index (χ0n) is 11.4. The van der Waals surface area contributed by atoms with Crippen LogP contribution in [0.2, 0.25) is 0 Å². The molecule has 21 heavy (non-hydrogen) atoms. The first-order chi connectivity index (χ1) is 9.90. The second kappa shape index (κ2) is 7.37. The van der Waals surface area contributed by atoms with Crippen LogP contribution in [0.1, 0.15) is 12.8 Å². The highest BCUT2D eigenvalue weighted by molar-refractivity contribution is 7.96. The molecule has 110 valence electrons. The summed E-state index contributed by atoms with van der Waals surface area (Å²) in [5.41, 5.74) is 0. The first-order valence-electron chi connectivity index (χ1n) is 5.95. The molecule has 0 bridgehead atoms. The molecule has 0 radical (unpaired) electrons. The lowest BCUT2D eigenvalue weighted by molar-refractivity contribution is -0.141. The van der Waals surface area contributed by atoms with Crippen LogP contribution >= 0.6 is 0 Å². The van der Waals surface area contributed by atoms with E-state index in [-0.39, 0.29) is 17.7 Å². The Morgan fingerprint density at radius 1 is 1.33 bits per heavy atom. The fourth-order valence-electron chi connectivity index (χ4n) is 1.46. The van der Waals surface area contributed by atoms with Crippen LogP contribution in [-0.2, 0) is 14.6 Å². The fraction of sp³-hybridized carbons (Fsp3) is 0.267. The molecule has 0 spiro atoms. The van der Waals surface area contributed by atoms with Crippen molar-refractivity contribution in [3.05, 3.63) is 24.3 Å². The van der Waals surface area contributed by atoms with Crippen molar-refractivity contribution in [3.63, 3.8) is 0 Å². The van der Waals surface area contributed by atoms with Gasteiger partial charge in [-0.15, -0.1) is 12.3 Å². The predicted octanol–water partition coefficient (Wildman–Crippen LogP) is 1.54. The number of carbonyl (C=O) groups is 1. The van der Waals surface area contributed by atoms with Gasteiger partial charge >= 0.3 is 5.97 Å². The molecule has 0 saturated carbocycles. The lowest BCUT2D eigenvalue weighted by atomic mass is 10.0. The van der Waals surface area contributed by atoms with E-state index in [0.717, 1.165) is 0 Å². The van der Waals surface area contributed by atoms with Crippen LogP contribution in [0.15, 0.2) is 29.2 Å². The number of methoxy groups -OCH3 is 1. The molecule has 1 unspecified atom stereocenters. The van der Waals surface area contributed by atoms with Crippen molar-refractivity contribution in [2.75, 3.05) is 7.11 Å². The predicted molar refractivity (Wildman–Crippen MR) is 77.1 cm³/mol. The molecule has 0 saturated heterocycles. The Morgan fingerprint density at radius 3 is 2.43 bits per heavy atom. The van der Waals surface area contributed by atoms with Crippen LogP contribution < -0.4 is 4.74 Å². The zero-order chi connectivity index (χ0) is 15.9. The van der Waals surface area contributed by atoms with Crippen LogP contribution in [0.5, 0.6) is 5.75 Å². The third kappa shape index (κ3) is 4.87. The highest BCUT2D eigenvalue weighted by atomic mass is 32.2. The van der Waals surface area contributed by atoms with E-state index < -0.39 is 21.7 Å². The molecule has 1 N–H and O–H groups in total. The normalized spacial score (nSPS) is 11.6. The van der Waals surface area contributed by atoms with Crippen LogP contribution in [0.25, 0.3) is 0 Å². The molecular formula is C15H14O5S. The number of terminal acetylenes is 1. The minimum Gasteiger partial charge on any atom is -0.497 e. The number of hydrogen-bond acceptors (Lipinski definition) is 4. The number of sulfone groups is 1. The van der Waals surface area contributed by atoms with Gasteiger partial charge in [-0.1, -0.05) is 5.92 Å². The maximum atomic E-state index is 11.9. The Morgan fingerprint density at radius 2 is 1.95 bits per heavy atom. The summed E-state index contributed by atoms with van der Waals surface area (Å²) in [4.78, 5) is 10.9. The number of carboxylic acids is 1. The molecule has 6 heteroatoms. The fourth-order valence-corrected chi connectivity index (χ4v) is 2.35. The van der Waals surface area contributed by atoms with Crippen LogP contribution in [-0.4, -0.2) is 26.6 Å². The van der Waals surface area contributed by atoms with Crippen molar-refractivity contribution in [3.8, 4) is 29.3 Å². The van der Waals surface area contributed by atoms with E-state index in [9.17, 15) is 13.2 Å². The summed E-state index contributed by atoms with van der Waals surface area (Å²) in [6.07, 6.45) is 4.94. The van der Waals surface area contributed by atoms with E-state index in [1.54, 1.807) is 0 Å². The van der Waals surface area contributed by atoms with Crippen molar-refractivity contribution >= 4 is 15.8 Å². The van der Waals surface area contributed by atoms with Gasteiger partial charge in [0.05, 0.1) is 17.9 Å². The average Bonchev–Trinajstić information content (AvgIpc) is 2.46. The third-order valence-electron chi connectivity index (χ3n) is 2.64. The van der Waals surface area contributed by atoms with Crippen LogP contribution in [0.4, 0.5) is 0 Å². The lowest BCUT2D eigenvalue weighted by Gasteiger charge is -2.03. The van der Waals surface area contributed by atoms with Crippen molar-refractivity contribution in [1.82, 2.24) is 0 Å². The van der Waals surface area contributed by atoms with Crippen molar-refractivity contribution < 1.29 is 23.1 Å². The van der Waals surface area contributed by atoms with E-state index >= 15 is 0 Å². The van der Waals surface area contributed by atoms with Crippen molar-refractivity contribution in [2.24, 2.45) is 5.92 Å². The molecule has 1 aromatic carbocycles. The molecule has 1 atom stereocenters. The summed E-state index contributed by atoms with van der Waals surface area (Å²) in [5, 5.41) is 11.0. The topological polar surface area (TPSA) is 80.7 Å². The highest BCUT2D eigenvalue weighted by Gasteiger charge is 2.15. The van der Waals surface area contributed by atoms with Gasteiger partial charge < -0.3 is 9.84 Å². The number of benzene rings is 1. The van der Waals surface area contributed by atoms with Gasteiger partial charge in [0, 0.05) is 18.1 Å². The number of carboxylic acid groups (broad SMARTS) is 1. The van der Waals surface area contributed by atoms with Crippen molar-refractivity contribution in [2.45, 2.75) is 17.7 Å². The van der Waals surface area contributed by atoms with Crippen molar-refractivity contribution in [1.29, 1.82) is 0 Å². The summed E-state index contributed by atoms with van der Waals surface area (Å²) < 4.78 is 28.8. The Kier molecular flexibility index (Phi) is 5.83. The maximum Gasteiger partial charge on any atom is 0.308 e. The van der Waals surface area contributed by atoms with Gasteiger partial charge in [-0.2, -0.15) is 0 Å². The van der Waals surface area contributed by atoms with E-state index in [2.05, 4.69) is 17.1 Å². The molecule has 0 aliphatic carbocycles. The molecule has 0 amide bonds. The molecule has 0 fully saturated rings. The molecular weight excluding hydrogens is 292 g/mol. The molecule has 5 nitrogen and oxygen atoms in total. The first-order valence-corrected chi connectivity index (χ1v) is 7.44. The molecule has 1 aromatic rings. The second-order valence-electron chi connectivity index (χ2n) is 4.11. The average molecular weight is 306 g/mol. The number of rotatable bonds is 5. The summed E-state index contributed by atoms with van der Waals surface area (Å²) in [6, 6.07) is 5.76. The molecule has 0 aliphatic heterocycles. The number of ether oxygens (including phenoxy) is 1. The number of hydrogen-bond donors (Lipinski definition) is 1. The molecule has 0 aromatic heterocycles. The minimum absolute atomic E-state index is 0.00654. The minimum atomic E-state index is -3.78. The maximum absolute atomic E-state index is 11.9. The standard InChI is InChI=1S/C15H14O5S/c1-3-5-12(15(16)17)6-4-11-21(18,19)14-9-7-13(20-2)8-10-14/h1,7-10,12H,5-6H2,2H3,(H,16,17). The largest absolute Gasteiger partial charge is 0.497 e. The van der Waals surface area contributed by atoms with E-state index in [1.807, 2.05) is 0 Å². The summed E-state index contributed by atoms with van der Waals surface area (Å²) in [7, 11) is -2.31. The number of aliphatic carboxylic acids is 1. The molecule has 0 heterocycles. The van der Waals surface area contributed by atoms with Gasteiger partial charge in [-0.25, -0.2) is 8.42 Å². The quantitative estimate of drug-likeness (QED) is 0.659. The molecule has 0 aliphatic rings. The Labute approximate surface area is 123 Å². The van der Waals surface area contributed by atoms with Gasteiger partial charge in [0.2, 0.25) is 9.84 Å². The van der Waals surface area contributed by atoms with Gasteiger partial charge in [-0.05, 0) is 24.3 Å². The summed E-state index contributed by atoms with van der Waals surface area (Å²) in [6.45, 7) is 0. The first kappa shape index (κ1) is 16.6. The smallest absolute Gasteiger partial charge is 0.308 e. The monoisotopic (exact) mass is 306 g/mol. The van der Waals surface area contributed by atoms with E-state index in [1.165, 1.54) is 31.4 Å². The molecule has 1 rings (SSSR count). The van der Waals surface area contributed by atoms with E-state index in [4.69, 9.17) is 16.3 Å². The van der Waals surface area contributed by atoms with E-state index in [0.29, 0.717) is 5.75 Å².